The van der Waals surface area contributed by atoms with Crippen molar-refractivity contribution in [1.29, 1.82) is 0 Å². The van der Waals surface area contributed by atoms with Gasteiger partial charge in [-0.05, 0) is 53.2 Å². The van der Waals surface area contributed by atoms with Gasteiger partial charge in [0.25, 0.3) is 0 Å². The Morgan fingerprint density at radius 3 is 2.21 bits per heavy atom. The number of aromatic hydroxyl groups is 1. The van der Waals surface area contributed by atoms with Crippen molar-refractivity contribution in [1.82, 2.24) is 0 Å². The molecular weight excluding hydrogens is 240 g/mol. The minimum Gasteiger partial charge on any atom is -0.507 e. The quantitative estimate of drug-likeness (QED) is 0.785. The number of nitrogens with one attached hydrogen (secondary N) is 1. The van der Waals surface area contributed by atoms with Gasteiger partial charge >= 0.3 is 0 Å². The third kappa shape index (κ3) is 2.89. The SMILES string of the molecule is Cc1ccc(NC(=O)C(C)(C)C(C)(C)N)c(C)c1O. The Morgan fingerprint density at radius 1 is 1.21 bits per heavy atom. The molecule has 19 heavy (non-hydrogen) atoms. The van der Waals surface area contributed by atoms with E-state index in [1.165, 1.54) is 0 Å². The second kappa shape index (κ2) is 4.85. The highest BCUT2D eigenvalue weighted by molar-refractivity contribution is 5.96. The predicted molar refractivity (Wildman–Crippen MR) is 78.3 cm³/mol. The number of carbonyl (C=O) groups excluding carboxylic acids is 1. The topological polar surface area (TPSA) is 75.4 Å². The normalized spacial score (nSPS) is 12.4. The first-order valence-corrected chi connectivity index (χ1v) is 6.38. The summed E-state index contributed by atoms with van der Waals surface area (Å²) >= 11 is 0. The van der Waals surface area contributed by atoms with Crippen LogP contribution in [0.4, 0.5) is 5.69 Å². The molecule has 1 aromatic carbocycles. The van der Waals surface area contributed by atoms with Crippen LogP contribution in [0.2, 0.25) is 0 Å². The molecule has 1 aromatic rings. The zero-order valence-corrected chi connectivity index (χ0v) is 12.6. The van der Waals surface area contributed by atoms with E-state index in [4.69, 9.17) is 5.73 Å². The molecule has 0 bridgehead atoms. The highest BCUT2D eigenvalue weighted by Crippen LogP contribution is 2.32. The molecule has 0 spiro atoms. The highest BCUT2D eigenvalue weighted by Gasteiger charge is 2.40. The summed E-state index contributed by atoms with van der Waals surface area (Å²) in [5, 5.41) is 12.7. The number of hydrogen-bond acceptors (Lipinski definition) is 3. The number of rotatable bonds is 3. The molecule has 0 aliphatic carbocycles. The van der Waals surface area contributed by atoms with Gasteiger partial charge < -0.3 is 16.2 Å². The molecule has 4 heteroatoms. The molecule has 106 valence electrons. The van der Waals surface area contributed by atoms with Gasteiger partial charge in [-0.25, -0.2) is 0 Å². The molecule has 1 amide bonds. The number of benzene rings is 1. The Hall–Kier alpha value is -1.55. The second-order valence-corrected chi connectivity index (χ2v) is 6.20. The monoisotopic (exact) mass is 264 g/mol. The van der Waals surface area contributed by atoms with Gasteiger partial charge in [-0.15, -0.1) is 0 Å². The molecule has 0 atom stereocenters. The van der Waals surface area contributed by atoms with E-state index in [9.17, 15) is 9.90 Å². The number of carbonyl (C=O) groups is 1. The van der Waals surface area contributed by atoms with Gasteiger partial charge in [0.05, 0.1) is 5.41 Å². The van der Waals surface area contributed by atoms with E-state index in [0.29, 0.717) is 11.3 Å². The van der Waals surface area contributed by atoms with Crippen molar-refractivity contribution < 1.29 is 9.90 Å². The van der Waals surface area contributed by atoms with Crippen LogP contribution in [-0.4, -0.2) is 16.6 Å². The molecule has 0 heterocycles. The van der Waals surface area contributed by atoms with E-state index >= 15 is 0 Å². The van der Waals surface area contributed by atoms with E-state index in [2.05, 4.69) is 5.32 Å². The minimum absolute atomic E-state index is 0.161. The molecule has 0 radical (unpaired) electrons. The van der Waals surface area contributed by atoms with Crippen molar-refractivity contribution in [2.75, 3.05) is 5.32 Å². The Morgan fingerprint density at radius 2 is 1.74 bits per heavy atom. The summed E-state index contributed by atoms with van der Waals surface area (Å²) in [6.45, 7) is 10.9. The minimum atomic E-state index is -0.722. The molecule has 0 aromatic heterocycles. The maximum absolute atomic E-state index is 12.4. The van der Waals surface area contributed by atoms with Crippen molar-refractivity contribution in [3.8, 4) is 5.75 Å². The average Bonchev–Trinajstić information content (AvgIpc) is 2.28. The lowest BCUT2D eigenvalue weighted by Crippen LogP contribution is -2.53. The van der Waals surface area contributed by atoms with Crippen LogP contribution in [0.15, 0.2) is 12.1 Å². The summed E-state index contributed by atoms with van der Waals surface area (Å²) in [4.78, 5) is 12.4. The van der Waals surface area contributed by atoms with Crippen molar-refractivity contribution in [2.24, 2.45) is 11.1 Å². The zero-order valence-electron chi connectivity index (χ0n) is 12.6. The average molecular weight is 264 g/mol. The van der Waals surface area contributed by atoms with Crippen LogP contribution in [0.3, 0.4) is 0 Å². The molecule has 0 aliphatic heterocycles. The van der Waals surface area contributed by atoms with Crippen LogP contribution in [0.1, 0.15) is 38.8 Å². The Balaban J connectivity index is 3.05. The van der Waals surface area contributed by atoms with Crippen LogP contribution < -0.4 is 11.1 Å². The summed E-state index contributed by atoms with van der Waals surface area (Å²) in [6, 6.07) is 3.57. The van der Waals surface area contributed by atoms with E-state index in [1.54, 1.807) is 19.1 Å². The third-order valence-electron chi connectivity index (χ3n) is 4.06. The number of phenolic OH excluding ortho intramolecular Hbond substituents is 1. The first kappa shape index (κ1) is 15.5. The van der Waals surface area contributed by atoms with Gasteiger partial charge in [-0.1, -0.05) is 6.07 Å². The smallest absolute Gasteiger partial charge is 0.231 e. The van der Waals surface area contributed by atoms with Gasteiger partial charge in [0.15, 0.2) is 0 Å². The third-order valence-corrected chi connectivity index (χ3v) is 4.06. The number of nitrogens with two attached hydrogens (primary N) is 1. The van der Waals surface area contributed by atoms with Gasteiger partial charge in [-0.3, -0.25) is 4.79 Å². The summed E-state index contributed by atoms with van der Waals surface area (Å²) in [7, 11) is 0. The van der Waals surface area contributed by atoms with E-state index < -0.39 is 11.0 Å². The number of amides is 1. The fourth-order valence-electron chi connectivity index (χ4n) is 1.54. The molecule has 0 unspecified atom stereocenters. The predicted octanol–water partition coefficient (Wildman–Crippen LogP) is 2.71. The molecule has 0 fully saturated rings. The lowest BCUT2D eigenvalue weighted by molar-refractivity contribution is -0.126. The summed E-state index contributed by atoms with van der Waals surface area (Å²) < 4.78 is 0. The van der Waals surface area contributed by atoms with Gasteiger partial charge in [-0.2, -0.15) is 0 Å². The van der Waals surface area contributed by atoms with E-state index in [0.717, 1.165) is 5.56 Å². The maximum Gasteiger partial charge on any atom is 0.231 e. The zero-order chi connectivity index (χ0) is 15.0. The van der Waals surface area contributed by atoms with Crippen molar-refractivity contribution in [3.63, 3.8) is 0 Å². The van der Waals surface area contributed by atoms with Gasteiger partial charge in [0.1, 0.15) is 5.75 Å². The lowest BCUT2D eigenvalue weighted by atomic mass is 9.74. The molecule has 0 saturated heterocycles. The molecule has 0 saturated carbocycles. The fourth-order valence-corrected chi connectivity index (χ4v) is 1.54. The summed E-state index contributed by atoms with van der Waals surface area (Å²) in [5.41, 5.74) is 6.75. The Labute approximate surface area is 115 Å². The number of anilines is 1. The number of aryl methyl sites for hydroxylation is 1. The molecule has 0 aliphatic rings. The van der Waals surface area contributed by atoms with Crippen LogP contribution in [0.25, 0.3) is 0 Å². The molecule has 1 rings (SSSR count). The largest absolute Gasteiger partial charge is 0.507 e. The first-order valence-electron chi connectivity index (χ1n) is 6.38. The fraction of sp³-hybridized carbons (Fsp3) is 0.533. The van der Waals surface area contributed by atoms with Crippen LogP contribution in [0.5, 0.6) is 5.75 Å². The van der Waals surface area contributed by atoms with Crippen molar-refractivity contribution in [3.05, 3.63) is 23.3 Å². The summed E-state index contributed by atoms with van der Waals surface area (Å²) in [6.07, 6.45) is 0. The van der Waals surface area contributed by atoms with Gasteiger partial charge in [0.2, 0.25) is 5.91 Å². The Bertz CT molecular complexity index is 500. The molecule has 4 N–H and O–H groups in total. The maximum atomic E-state index is 12.4. The Kier molecular flexibility index (Phi) is 3.96. The van der Waals surface area contributed by atoms with Crippen molar-refractivity contribution in [2.45, 2.75) is 47.1 Å². The lowest BCUT2D eigenvalue weighted by Gasteiger charge is -2.37. The van der Waals surface area contributed by atoms with Crippen LogP contribution in [-0.2, 0) is 4.79 Å². The van der Waals surface area contributed by atoms with Crippen LogP contribution >= 0.6 is 0 Å². The van der Waals surface area contributed by atoms with Gasteiger partial charge in [0, 0.05) is 16.8 Å². The number of phenols is 1. The van der Waals surface area contributed by atoms with Crippen LogP contribution in [0, 0.1) is 19.3 Å². The first-order chi connectivity index (χ1) is 8.48. The second-order valence-electron chi connectivity index (χ2n) is 6.20. The molecular formula is C15H24N2O2. The van der Waals surface area contributed by atoms with E-state index in [-0.39, 0.29) is 11.7 Å². The van der Waals surface area contributed by atoms with E-state index in [1.807, 2.05) is 34.6 Å². The summed E-state index contributed by atoms with van der Waals surface area (Å²) in [5.74, 6) is 0.0500. The number of hydrogen-bond donors (Lipinski definition) is 3. The standard InChI is InChI=1S/C15H24N2O2/c1-9-7-8-11(10(2)12(9)18)17-13(19)14(3,4)15(5,6)16/h7-8,18H,16H2,1-6H3,(H,17,19). The van der Waals surface area contributed by atoms with Crippen molar-refractivity contribution >= 4 is 11.6 Å². The highest BCUT2D eigenvalue weighted by atomic mass is 16.3. The molecule has 4 nitrogen and oxygen atoms in total.